The Hall–Kier alpha value is -2.14. The van der Waals surface area contributed by atoms with Crippen molar-refractivity contribution in [2.24, 2.45) is 0 Å². The molecule has 0 bridgehead atoms. The molecular formula is C16H17NO3S. The first-order valence-electron chi connectivity index (χ1n) is 6.51. The number of sulfonamides is 1. The highest BCUT2D eigenvalue weighted by Crippen LogP contribution is 2.17. The lowest BCUT2D eigenvalue weighted by molar-refractivity contribution is 0.0981. The molecule has 0 atom stereocenters. The molecule has 0 heterocycles. The van der Waals surface area contributed by atoms with Gasteiger partial charge in [0.15, 0.2) is 0 Å². The van der Waals surface area contributed by atoms with Crippen LogP contribution in [0, 0.1) is 20.8 Å². The molecule has 0 aliphatic heterocycles. The molecule has 0 aliphatic rings. The summed E-state index contributed by atoms with van der Waals surface area (Å²) in [5, 5.41) is 0. The lowest BCUT2D eigenvalue weighted by atomic mass is 10.1. The van der Waals surface area contributed by atoms with Crippen LogP contribution in [0.4, 0.5) is 0 Å². The Morgan fingerprint density at radius 2 is 1.48 bits per heavy atom. The highest BCUT2D eigenvalue weighted by molar-refractivity contribution is 7.90. The van der Waals surface area contributed by atoms with Crippen LogP contribution in [0.2, 0.25) is 0 Å². The molecule has 0 spiro atoms. The van der Waals surface area contributed by atoms with E-state index >= 15 is 0 Å². The second kappa shape index (κ2) is 5.69. The van der Waals surface area contributed by atoms with Crippen molar-refractivity contribution in [2.75, 3.05) is 0 Å². The molecule has 0 saturated heterocycles. The number of amides is 1. The molecule has 0 aromatic heterocycles. The zero-order valence-corrected chi connectivity index (χ0v) is 13.0. The van der Waals surface area contributed by atoms with Gasteiger partial charge in [-0.25, -0.2) is 13.1 Å². The monoisotopic (exact) mass is 303 g/mol. The van der Waals surface area contributed by atoms with Gasteiger partial charge in [-0.1, -0.05) is 29.8 Å². The van der Waals surface area contributed by atoms with Crippen LogP contribution < -0.4 is 4.72 Å². The van der Waals surface area contributed by atoms with Gasteiger partial charge in [0.25, 0.3) is 15.9 Å². The van der Waals surface area contributed by atoms with Gasteiger partial charge in [-0.3, -0.25) is 4.79 Å². The van der Waals surface area contributed by atoms with Gasteiger partial charge in [0.05, 0.1) is 4.90 Å². The fourth-order valence-corrected chi connectivity index (χ4v) is 3.24. The normalized spacial score (nSPS) is 11.2. The molecule has 110 valence electrons. The fourth-order valence-electron chi connectivity index (χ4n) is 1.94. The van der Waals surface area contributed by atoms with Crippen molar-refractivity contribution < 1.29 is 13.2 Å². The minimum Gasteiger partial charge on any atom is -0.268 e. The Balaban J connectivity index is 2.31. The van der Waals surface area contributed by atoms with E-state index in [0.717, 1.165) is 11.1 Å². The zero-order chi connectivity index (χ0) is 15.6. The van der Waals surface area contributed by atoms with E-state index in [2.05, 4.69) is 4.72 Å². The molecule has 0 saturated carbocycles. The number of hydrogen-bond donors (Lipinski definition) is 1. The molecule has 5 heteroatoms. The quantitative estimate of drug-likeness (QED) is 0.948. The first-order valence-corrected chi connectivity index (χ1v) is 7.99. The first kappa shape index (κ1) is 15.3. The van der Waals surface area contributed by atoms with E-state index in [9.17, 15) is 13.2 Å². The minimum atomic E-state index is -3.87. The Morgan fingerprint density at radius 1 is 0.905 bits per heavy atom. The molecule has 1 amide bonds. The fraction of sp³-hybridized carbons (Fsp3) is 0.188. The number of nitrogens with one attached hydrogen (secondary N) is 1. The Bertz CT molecular complexity index is 778. The minimum absolute atomic E-state index is 0.128. The highest BCUT2D eigenvalue weighted by Gasteiger charge is 2.20. The molecule has 0 fully saturated rings. The molecule has 2 rings (SSSR count). The van der Waals surface area contributed by atoms with Gasteiger partial charge in [-0.15, -0.1) is 0 Å². The summed E-state index contributed by atoms with van der Waals surface area (Å²) in [5.74, 6) is -0.629. The van der Waals surface area contributed by atoms with Gasteiger partial charge in [-0.2, -0.15) is 0 Å². The molecule has 21 heavy (non-hydrogen) atoms. The van der Waals surface area contributed by atoms with E-state index in [1.165, 1.54) is 0 Å². The second-order valence-corrected chi connectivity index (χ2v) is 6.72. The number of carbonyl (C=O) groups is 1. The van der Waals surface area contributed by atoms with E-state index in [1.54, 1.807) is 50.2 Å². The summed E-state index contributed by atoms with van der Waals surface area (Å²) < 4.78 is 26.8. The van der Waals surface area contributed by atoms with Gasteiger partial charge < -0.3 is 0 Å². The smallest absolute Gasteiger partial charge is 0.264 e. The van der Waals surface area contributed by atoms with Crippen LogP contribution in [0.15, 0.2) is 47.4 Å². The molecule has 0 radical (unpaired) electrons. The van der Waals surface area contributed by atoms with Crippen molar-refractivity contribution in [3.8, 4) is 0 Å². The number of carbonyl (C=O) groups excluding carboxylic acids is 1. The zero-order valence-electron chi connectivity index (χ0n) is 12.2. The Morgan fingerprint density at radius 3 is 2.10 bits per heavy atom. The largest absolute Gasteiger partial charge is 0.268 e. The average Bonchev–Trinajstić information content (AvgIpc) is 2.41. The molecule has 2 aromatic carbocycles. The topological polar surface area (TPSA) is 63.2 Å². The van der Waals surface area contributed by atoms with Crippen LogP contribution in [0.3, 0.4) is 0 Å². The average molecular weight is 303 g/mol. The van der Waals surface area contributed by atoms with Gasteiger partial charge >= 0.3 is 0 Å². The maximum absolute atomic E-state index is 12.3. The van der Waals surface area contributed by atoms with Crippen LogP contribution in [-0.4, -0.2) is 14.3 Å². The Labute approximate surface area is 124 Å². The van der Waals surface area contributed by atoms with Crippen molar-refractivity contribution in [3.63, 3.8) is 0 Å². The Kier molecular flexibility index (Phi) is 4.14. The van der Waals surface area contributed by atoms with Gasteiger partial charge in [0.2, 0.25) is 0 Å². The van der Waals surface area contributed by atoms with E-state index in [-0.39, 0.29) is 4.90 Å². The lowest BCUT2D eigenvalue weighted by Crippen LogP contribution is -2.31. The van der Waals surface area contributed by atoms with Crippen LogP contribution in [0.5, 0.6) is 0 Å². The number of hydrogen-bond acceptors (Lipinski definition) is 3. The molecule has 4 nitrogen and oxygen atoms in total. The summed E-state index contributed by atoms with van der Waals surface area (Å²) in [7, 11) is -3.87. The van der Waals surface area contributed by atoms with Crippen LogP contribution >= 0.6 is 0 Å². The third-order valence-corrected chi connectivity index (χ3v) is 4.65. The molecule has 2 aromatic rings. The predicted octanol–water partition coefficient (Wildman–Crippen LogP) is 2.73. The van der Waals surface area contributed by atoms with Gasteiger partial charge in [-0.05, 0) is 50.1 Å². The molecular weight excluding hydrogens is 286 g/mol. The van der Waals surface area contributed by atoms with E-state index < -0.39 is 15.9 Å². The summed E-state index contributed by atoms with van der Waals surface area (Å²) >= 11 is 0. The van der Waals surface area contributed by atoms with Gasteiger partial charge in [0, 0.05) is 5.56 Å². The maximum Gasteiger partial charge on any atom is 0.264 e. The van der Waals surface area contributed by atoms with E-state index in [1.807, 2.05) is 13.0 Å². The molecule has 1 N–H and O–H groups in total. The third-order valence-electron chi connectivity index (χ3n) is 3.17. The van der Waals surface area contributed by atoms with Crippen molar-refractivity contribution in [2.45, 2.75) is 25.7 Å². The number of benzene rings is 2. The predicted molar refractivity (Wildman–Crippen MR) is 81.7 cm³/mol. The van der Waals surface area contributed by atoms with Gasteiger partial charge in [0.1, 0.15) is 0 Å². The summed E-state index contributed by atoms with van der Waals surface area (Å²) in [6.07, 6.45) is 0. The first-order chi connectivity index (χ1) is 9.79. The second-order valence-electron chi connectivity index (χ2n) is 5.07. The van der Waals surface area contributed by atoms with E-state index in [4.69, 9.17) is 0 Å². The molecule has 0 aliphatic carbocycles. The van der Waals surface area contributed by atoms with Crippen molar-refractivity contribution in [1.82, 2.24) is 4.72 Å². The van der Waals surface area contributed by atoms with Crippen LogP contribution in [0.25, 0.3) is 0 Å². The highest BCUT2D eigenvalue weighted by atomic mass is 32.2. The summed E-state index contributed by atoms with van der Waals surface area (Å²) in [5.41, 5.74) is 2.74. The standard InChI is InChI=1S/C16H17NO3S/c1-11-5-8-14(9-6-11)16(18)17-21(19,20)15-10-12(2)4-7-13(15)3/h4-10H,1-3H3,(H,17,18). The van der Waals surface area contributed by atoms with Crippen molar-refractivity contribution in [3.05, 3.63) is 64.7 Å². The maximum atomic E-state index is 12.3. The van der Waals surface area contributed by atoms with Crippen molar-refractivity contribution in [1.29, 1.82) is 0 Å². The van der Waals surface area contributed by atoms with Crippen molar-refractivity contribution >= 4 is 15.9 Å². The van der Waals surface area contributed by atoms with E-state index in [0.29, 0.717) is 11.1 Å². The SMILES string of the molecule is Cc1ccc(C(=O)NS(=O)(=O)c2cc(C)ccc2C)cc1. The summed E-state index contributed by atoms with van der Waals surface area (Å²) in [6.45, 7) is 5.40. The van der Waals surface area contributed by atoms with Crippen LogP contribution in [0.1, 0.15) is 27.0 Å². The summed E-state index contributed by atoms with van der Waals surface area (Å²) in [6, 6.07) is 11.8. The number of aryl methyl sites for hydroxylation is 3. The molecule has 0 unspecified atom stereocenters. The number of rotatable bonds is 3. The summed E-state index contributed by atoms with van der Waals surface area (Å²) in [4.78, 5) is 12.2. The third kappa shape index (κ3) is 3.49. The van der Waals surface area contributed by atoms with Crippen LogP contribution in [-0.2, 0) is 10.0 Å². The lowest BCUT2D eigenvalue weighted by Gasteiger charge is -2.10.